The Hall–Kier alpha value is -2.17. The third-order valence-electron chi connectivity index (χ3n) is 3.43. The Morgan fingerprint density at radius 2 is 1.73 bits per heavy atom. The molecule has 0 bridgehead atoms. The molecule has 0 aliphatic heterocycles. The summed E-state index contributed by atoms with van der Waals surface area (Å²) in [5.41, 5.74) is 7.82. The van der Waals surface area contributed by atoms with Crippen LogP contribution < -0.4 is 5.73 Å². The zero-order valence-corrected chi connectivity index (χ0v) is 13.0. The van der Waals surface area contributed by atoms with E-state index < -0.39 is 5.91 Å². The second-order valence-corrected chi connectivity index (χ2v) is 5.42. The van der Waals surface area contributed by atoms with Gasteiger partial charge in [0.2, 0.25) is 5.91 Å². The number of likely N-dealkylation sites (N-methyl/N-ethyl adjacent to an activating group) is 1. The lowest BCUT2D eigenvalue weighted by molar-refractivity contribution is 0.0675. The van der Waals surface area contributed by atoms with Crippen molar-refractivity contribution >= 4 is 5.91 Å². The first-order valence-corrected chi connectivity index (χ1v) is 7.29. The summed E-state index contributed by atoms with van der Waals surface area (Å²) in [7, 11) is 4.00. The fourth-order valence-electron chi connectivity index (χ4n) is 2.30. The zero-order chi connectivity index (χ0) is 15.9. The number of primary amides is 1. The molecule has 2 aromatic carbocycles. The Morgan fingerprint density at radius 1 is 1.09 bits per heavy atom. The molecule has 2 rings (SSSR count). The Bertz CT molecular complexity index is 611. The summed E-state index contributed by atoms with van der Waals surface area (Å²) in [5.74, 6) is -0.437. The van der Waals surface area contributed by atoms with Gasteiger partial charge in [-0.05, 0) is 31.3 Å². The number of amides is 1. The van der Waals surface area contributed by atoms with Crippen molar-refractivity contribution in [1.29, 1.82) is 0 Å². The highest BCUT2D eigenvalue weighted by Gasteiger charge is 2.20. The Morgan fingerprint density at radius 3 is 2.36 bits per heavy atom. The molecule has 2 N–H and O–H groups in total. The van der Waals surface area contributed by atoms with E-state index in [4.69, 9.17) is 10.5 Å². The first-order valence-electron chi connectivity index (χ1n) is 7.29. The minimum Gasteiger partial charge on any atom is -0.367 e. The topological polar surface area (TPSA) is 55.6 Å². The van der Waals surface area contributed by atoms with Gasteiger partial charge in [0, 0.05) is 12.1 Å². The normalized spacial score (nSPS) is 12.3. The first-order chi connectivity index (χ1) is 10.6. The van der Waals surface area contributed by atoms with Crippen LogP contribution in [0.2, 0.25) is 0 Å². The van der Waals surface area contributed by atoms with Gasteiger partial charge < -0.3 is 15.4 Å². The molecule has 1 atom stereocenters. The molecule has 0 aromatic heterocycles. The lowest BCUT2D eigenvalue weighted by Gasteiger charge is -2.22. The van der Waals surface area contributed by atoms with Crippen LogP contribution in [0.25, 0.3) is 0 Å². The highest BCUT2D eigenvalue weighted by atomic mass is 16.5. The molecule has 4 nitrogen and oxygen atoms in total. The van der Waals surface area contributed by atoms with Crippen molar-refractivity contribution < 1.29 is 9.53 Å². The molecule has 0 aliphatic rings. The van der Waals surface area contributed by atoms with Crippen LogP contribution in [0.15, 0.2) is 54.6 Å². The van der Waals surface area contributed by atoms with E-state index in [0.29, 0.717) is 12.2 Å². The van der Waals surface area contributed by atoms with Gasteiger partial charge in [0.15, 0.2) is 0 Å². The standard InChI is InChI=1S/C18H22N2O2/c1-20(2)12-13-22-17(14-8-4-3-5-9-14)15-10-6-7-11-16(15)18(19)21/h3-11,17H,12-13H2,1-2H3,(H2,19,21). The number of ether oxygens (including phenoxy) is 1. The van der Waals surface area contributed by atoms with E-state index in [9.17, 15) is 4.79 Å². The number of carbonyl (C=O) groups is 1. The van der Waals surface area contributed by atoms with Crippen molar-refractivity contribution in [3.63, 3.8) is 0 Å². The summed E-state index contributed by atoms with van der Waals surface area (Å²) in [5, 5.41) is 0. The van der Waals surface area contributed by atoms with Crippen LogP contribution in [-0.4, -0.2) is 38.1 Å². The summed E-state index contributed by atoms with van der Waals surface area (Å²) in [6.07, 6.45) is -0.301. The molecule has 0 fully saturated rings. The Labute approximate surface area is 131 Å². The minimum atomic E-state index is -0.437. The third-order valence-corrected chi connectivity index (χ3v) is 3.43. The number of rotatable bonds is 7. The highest BCUT2D eigenvalue weighted by Crippen LogP contribution is 2.28. The Balaban J connectivity index is 2.34. The van der Waals surface area contributed by atoms with Crippen molar-refractivity contribution in [2.45, 2.75) is 6.10 Å². The smallest absolute Gasteiger partial charge is 0.249 e. The van der Waals surface area contributed by atoms with Crippen molar-refractivity contribution in [3.05, 3.63) is 71.3 Å². The average molecular weight is 298 g/mol. The van der Waals surface area contributed by atoms with Crippen molar-refractivity contribution in [1.82, 2.24) is 4.90 Å². The second kappa shape index (κ2) is 7.73. The molecule has 0 saturated carbocycles. The van der Waals surface area contributed by atoms with E-state index in [-0.39, 0.29) is 6.10 Å². The summed E-state index contributed by atoms with van der Waals surface area (Å²) in [6.45, 7) is 1.38. The van der Waals surface area contributed by atoms with E-state index in [1.165, 1.54) is 0 Å². The third kappa shape index (κ3) is 4.16. The molecule has 0 radical (unpaired) electrons. The van der Waals surface area contributed by atoms with Crippen molar-refractivity contribution in [3.8, 4) is 0 Å². The number of hydrogen-bond donors (Lipinski definition) is 1. The Kier molecular flexibility index (Phi) is 5.69. The number of hydrogen-bond acceptors (Lipinski definition) is 3. The molecule has 116 valence electrons. The van der Waals surface area contributed by atoms with Gasteiger partial charge in [-0.25, -0.2) is 0 Å². The number of carbonyl (C=O) groups excluding carboxylic acids is 1. The number of benzene rings is 2. The molecular weight excluding hydrogens is 276 g/mol. The fraction of sp³-hybridized carbons (Fsp3) is 0.278. The van der Waals surface area contributed by atoms with Crippen LogP contribution >= 0.6 is 0 Å². The molecule has 22 heavy (non-hydrogen) atoms. The molecule has 0 saturated heterocycles. The monoisotopic (exact) mass is 298 g/mol. The lowest BCUT2D eigenvalue weighted by Crippen LogP contribution is -2.22. The van der Waals surface area contributed by atoms with E-state index >= 15 is 0 Å². The zero-order valence-electron chi connectivity index (χ0n) is 13.0. The highest BCUT2D eigenvalue weighted by molar-refractivity contribution is 5.94. The van der Waals surface area contributed by atoms with Gasteiger partial charge >= 0.3 is 0 Å². The van der Waals surface area contributed by atoms with Crippen LogP contribution in [0.5, 0.6) is 0 Å². The molecule has 2 aromatic rings. The van der Waals surface area contributed by atoms with Gasteiger partial charge in [-0.2, -0.15) is 0 Å². The summed E-state index contributed by atoms with van der Waals surface area (Å²) in [4.78, 5) is 13.8. The maximum absolute atomic E-state index is 11.7. The quantitative estimate of drug-likeness (QED) is 0.854. The minimum absolute atomic E-state index is 0.301. The van der Waals surface area contributed by atoms with Gasteiger partial charge in [-0.3, -0.25) is 4.79 Å². The van der Waals surface area contributed by atoms with Gasteiger partial charge in [-0.1, -0.05) is 48.5 Å². The van der Waals surface area contributed by atoms with Crippen molar-refractivity contribution in [2.75, 3.05) is 27.2 Å². The fourth-order valence-corrected chi connectivity index (χ4v) is 2.30. The predicted molar refractivity (Wildman–Crippen MR) is 87.8 cm³/mol. The van der Waals surface area contributed by atoms with E-state index in [0.717, 1.165) is 17.7 Å². The van der Waals surface area contributed by atoms with Crippen LogP contribution in [0.3, 0.4) is 0 Å². The molecule has 1 amide bonds. The van der Waals surface area contributed by atoms with E-state index in [1.54, 1.807) is 6.07 Å². The van der Waals surface area contributed by atoms with Gasteiger partial charge in [0.1, 0.15) is 6.10 Å². The van der Waals surface area contributed by atoms with Gasteiger partial charge in [0.25, 0.3) is 0 Å². The molecule has 1 unspecified atom stereocenters. The van der Waals surface area contributed by atoms with Crippen LogP contribution in [0.4, 0.5) is 0 Å². The number of nitrogens with two attached hydrogens (primary N) is 1. The van der Waals surface area contributed by atoms with Gasteiger partial charge in [0.05, 0.1) is 6.61 Å². The van der Waals surface area contributed by atoms with E-state index in [2.05, 4.69) is 4.90 Å². The molecule has 0 heterocycles. The molecule has 0 spiro atoms. The summed E-state index contributed by atoms with van der Waals surface area (Å²) >= 11 is 0. The van der Waals surface area contributed by atoms with Gasteiger partial charge in [-0.15, -0.1) is 0 Å². The predicted octanol–water partition coefficient (Wildman–Crippen LogP) is 2.45. The van der Waals surface area contributed by atoms with Crippen LogP contribution in [0, 0.1) is 0 Å². The average Bonchev–Trinajstić information content (AvgIpc) is 2.52. The molecular formula is C18H22N2O2. The molecule has 4 heteroatoms. The SMILES string of the molecule is CN(C)CCOC(c1ccccc1)c1ccccc1C(N)=O. The maximum atomic E-state index is 11.7. The second-order valence-electron chi connectivity index (χ2n) is 5.42. The summed E-state index contributed by atoms with van der Waals surface area (Å²) in [6, 6.07) is 17.2. The summed E-state index contributed by atoms with van der Waals surface area (Å²) < 4.78 is 6.07. The number of nitrogens with zero attached hydrogens (tertiary/aromatic N) is 1. The van der Waals surface area contributed by atoms with E-state index in [1.807, 2.05) is 62.6 Å². The largest absolute Gasteiger partial charge is 0.367 e. The first kappa shape index (κ1) is 16.2. The molecule has 0 aliphatic carbocycles. The van der Waals surface area contributed by atoms with Crippen LogP contribution in [-0.2, 0) is 4.74 Å². The van der Waals surface area contributed by atoms with Crippen molar-refractivity contribution in [2.24, 2.45) is 5.73 Å². The van der Waals surface area contributed by atoms with Crippen LogP contribution in [0.1, 0.15) is 27.6 Å². The lowest BCUT2D eigenvalue weighted by atomic mass is 9.96. The maximum Gasteiger partial charge on any atom is 0.249 e.